The third-order valence-electron chi connectivity index (χ3n) is 2.73. The number of fused-ring (bicyclic) bond motifs is 1. The number of ether oxygens (including phenoxy) is 2. The van der Waals surface area contributed by atoms with Crippen LogP contribution in [0, 0.1) is 0 Å². The number of pyridine rings is 1. The number of methoxy groups -OCH3 is 2. The first-order chi connectivity index (χ1) is 9.79. The fourth-order valence-corrected chi connectivity index (χ4v) is 1.76. The molecule has 0 spiro atoms. The van der Waals surface area contributed by atoms with E-state index in [1.807, 2.05) is 0 Å². The van der Waals surface area contributed by atoms with Crippen molar-refractivity contribution in [3.63, 3.8) is 0 Å². The van der Waals surface area contributed by atoms with Crippen molar-refractivity contribution < 1.29 is 32.2 Å². The number of carbonyl (C=O) groups is 2. The van der Waals surface area contributed by atoms with E-state index in [1.165, 1.54) is 0 Å². The molecule has 0 fully saturated rings. The number of hydrogen-bond donors (Lipinski definition) is 0. The number of carbonyl (C=O) groups excluding carboxylic acids is 2. The van der Waals surface area contributed by atoms with Gasteiger partial charge in [0.25, 0.3) is 0 Å². The van der Waals surface area contributed by atoms with Gasteiger partial charge in [0.2, 0.25) is 0 Å². The molecule has 112 valence electrons. The maximum atomic E-state index is 12.7. The van der Waals surface area contributed by atoms with Crippen LogP contribution in [-0.2, 0) is 15.7 Å². The molecule has 0 unspecified atom stereocenters. The lowest BCUT2D eigenvalue weighted by molar-refractivity contribution is -0.137. The van der Waals surface area contributed by atoms with E-state index in [0.29, 0.717) is 6.07 Å². The Morgan fingerprint density at radius 2 is 1.81 bits per heavy atom. The first-order valence-electron chi connectivity index (χ1n) is 5.55. The molecule has 0 saturated carbocycles. The van der Waals surface area contributed by atoms with Gasteiger partial charge in [-0.05, 0) is 12.1 Å². The van der Waals surface area contributed by atoms with E-state index in [1.54, 1.807) is 0 Å². The molecular formula is C12H9F3N2O4. The van der Waals surface area contributed by atoms with E-state index < -0.39 is 29.4 Å². The third-order valence-corrected chi connectivity index (χ3v) is 2.73. The zero-order valence-corrected chi connectivity index (χ0v) is 10.9. The summed E-state index contributed by atoms with van der Waals surface area (Å²) in [6.07, 6.45) is -3.60. The second-order valence-electron chi connectivity index (χ2n) is 3.95. The Kier molecular flexibility index (Phi) is 3.58. The number of hydrogen-bond acceptors (Lipinski definition) is 5. The zero-order valence-electron chi connectivity index (χ0n) is 10.9. The maximum absolute atomic E-state index is 12.7. The van der Waals surface area contributed by atoms with Crippen LogP contribution >= 0.6 is 0 Å². The van der Waals surface area contributed by atoms with E-state index in [4.69, 9.17) is 0 Å². The number of alkyl halides is 3. The SMILES string of the molecule is COC(=O)c1nn2ccc(C(F)(F)F)cc2c1C(=O)OC. The minimum Gasteiger partial charge on any atom is -0.465 e. The number of esters is 2. The molecule has 0 aliphatic rings. The Morgan fingerprint density at radius 1 is 1.19 bits per heavy atom. The van der Waals surface area contributed by atoms with Gasteiger partial charge in [0, 0.05) is 6.20 Å². The smallest absolute Gasteiger partial charge is 0.416 e. The lowest BCUT2D eigenvalue weighted by Crippen LogP contribution is -2.11. The molecule has 6 nitrogen and oxygen atoms in total. The highest BCUT2D eigenvalue weighted by molar-refractivity contribution is 6.07. The quantitative estimate of drug-likeness (QED) is 0.793. The Labute approximate surface area is 116 Å². The van der Waals surface area contributed by atoms with Gasteiger partial charge >= 0.3 is 18.1 Å². The molecule has 0 atom stereocenters. The lowest BCUT2D eigenvalue weighted by atomic mass is 10.1. The third kappa shape index (κ3) is 2.54. The van der Waals surface area contributed by atoms with Crippen LogP contribution < -0.4 is 0 Å². The monoisotopic (exact) mass is 302 g/mol. The van der Waals surface area contributed by atoms with Gasteiger partial charge in [0.05, 0.1) is 25.3 Å². The summed E-state index contributed by atoms with van der Waals surface area (Å²) < 4.78 is 48.1. The average Bonchev–Trinajstić information content (AvgIpc) is 2.83. The molecule has 2 heterocycles. The van der Waals surface area contributed by atoms with Crippen molar-refractivity contribution in [1.29, 1.82) is 0 Å². The fourth-order valence-electron chi connectivity index (χ4n) is 1.76. The summed E-state index contributed by atoms with van der Waals surface area (Å²) in [6.45, 7) is 0. The van der Waals surface area contributed by atoms with Crippen LogP contribution in [0.5, 0.6) is 0 Å². The summed E-state index contributed by atoms with van der Waals surface area (Å²) in [5.41, 5.74) is -1.97. The van der Waals surface area contributed by atoms with Crippen molar-refractivity contribution in [1.82, 2.24) is 9.61 Å². The second-order valence-corrected chi connectivity index (χ2v) is 3.95. The van der Waals surface area contributed by atoms with Crippen LogP contribution in [0.15, 0.2) is 18.3 Å². The van der Waals surface area contributed by atoms with E-state index >= 15 is 0 Å². The number of nitrogens with zero attached hydrogens (tertiary/aromatic N) is 2. The Morgan fingerprint density at radius 3 is 2.33 bits per heavy atom. The molecule has 0 saturated heterocycles. The predicted molar refractivity (Wildman–Crippen MR) is 62.9 cm³/mol. The number of aromatic nitrogens is 2. The fraction of sp³-hybridized carbons (Fsp3) is 0.250. The molecule has 21 heavy (non-hydrogen) atoms. The van der Waals surface area contributed by atoms with Crippen molar-refractivity contribution >= 4 is 17.5 Å². The average molecular weight is 302 g/mol. The maximum Gasteiger partial charge on any atom is 0.416 e. The van der Waals surface area contributed by atoms with Crippen molar-refractivity contribution in [2.45, 2.75) is 6.18 Å². The van der Waals surface area contributed by atoms with E-state index in [2.05, 4.69) is 14.6 Å². The first kappa shape index (κ1) is 14.8. The van der Waals surface area contributed by atoms with Gasteiger partial charge in [-0.3, -0.25) is 0 Å². The molecular weight excluding hydrogens is 293 g/mol. The van der Waals surface area contributed by atoms with Crippen LogP contribution in [0.4, 0.5) is 13.2 Å². The zero-order chi connectivity index (χ0) is 15.8. The van der Waals surface area contributed by atoms with Crippen LogP contribution in [0.25, 0.3) is 5.52 Å². The predicted octanol–water partition coefficient (Wildman–Crippen LogP) is 1.93. The van der Waals surface area contributed by atoms with Crippen molar-refractivity contribution in [3.05, 3.63) is 35.2 Å². The summed E-state index contributed by atoms with van der Waals surface area (Å²) in [6, 6.07) is 1.49. The summed E-state index contributed by atoms with van der Waals surface area (Å²) in [5, 5.41) is 3.75. The van der Waals surface area contributed by atoms with Gasteiger partial charge in [-0.15, -0.1) is 0 Å². The van der Waals surface area contributed by atoms with Gasteiger partial charge in [0.15, 0.2) is 5.69 Å². The summed E-state index contributed by atoms with van der Waals surface area (Å²) in [5.74, 6) is -1.93. The summed E-state index contributed by atoms with van der Waals surface area (Å²) in [4.78, 5) is 23.3. The Bertz CT molecular complexity index is 721. The second kappa shape index (κ2) is 5.08. The molecule has 0 aliphatic carbocycles. The van der Waals surface area contributed by atoms with Crippen molar-refractivity contribution in [3.8, 4) is 0 Å². The molecule has 0 aliphatic heterocycles. The molecule has 2 rings (SSSR count). The minimum absolute atomic E-state index is 0.197. The lowest BCUT2D eigenvalue weighted by Gasteiger charge is -2.06. The Balaban J connectivity index is 2.77. The van der Waals surface area contributed by atoms with Crippen LogP contribution in [0.2, 0.25) is 0 Å². The van der Waals surface area contributed by atoms with Gasteiger partial charge in [-0.2, -0.15) is 18.3 Å². The van der Waals surface area contributed by atoms with Crippen molar-refractivity contribution in [2.24, 2.45) is 0 Å². The van der Waals surface area contributed by atoms with Gasteiger partial charge < -0.3 is 9.47 Å². The van der Waals surface area contributed by atoms with Crippen molar-refractivity contribution in [2.75, 3.05) is 14.2 Å². The highest BCUT2D eigenvalue weighted by atomic mass is 19.4. The van der Waals surface area contributed by atoms with E-state index in [9.17, 15) is 22.8 Å². The van der Waals surface area contributed by atoms with E-state index in [-0.39, 0.29) is 11.1 Å². The summed E-state index contributed by atoms with van der Waals surface area (Å²) in [7, 11) is 2.11. The normalized spacial score (nSPS) is 11.5. The summed E-state index contributed by atoms with van der Waals surface area (Å²) >= 11 is 0. The molecule has 2 aromatic heterocycles. The van der Waals surface area contributed by atoms with Crippen LogP contribution in [-0.4, -0.2) is 35.8 Å². The number of halogens is 3. The largest absolute Gasteiger partial charge is 0.465 e. The molecule has 9 heteroatoms. The molecule has 0 radical (unpaired) electrons. The minimum atomic E-state index is -4.59. The van der Waals surface area contributed by atoms with Crippen LogP contribution in [0.1, 0.15) is 26.4 Å². The standard InChI is InChI=1S/C12H9F3N2O4/c1-20-10(18)8-7-5-6(12(13,14)15)3-4-17(7)16-9(8)11(19)21-2/h3-5H,1-2H3. The van der Waals surface area contributed by atoms with E-state index in [0.717, 1.165) is 31.0 Å². The van der Waals surface area contributed by atoms with Gasteiger partial charge in [-0.25, -0.2) is 14.1 Å². The first-order valence-corrected chi connectivity index (χ1v) is 5.55. The van der Waals surface area contributed by atoms with Gasteiger partial charge in [0.1, 0.15) is 5.56 Å². The molecule has 0 amide bonds. The molecule has 2 aromatic rings. The Hall–Kier alpha value is -2.58. The highest BCUT2D eigenvalue weighted by Crippen LogP contribution is 2.31. The van der Waals surface area contributed by atoms with Crippen LogP contribution in [0.3, 0.4) is 0 Å². The van der Waals surface area contributed by atoms with Gasteiger partial charge in [-0.1, -0.05) is 0 Å². The molecule has 0 aromatic carbocycles. The molecule has 0 N–H and O–H groups in total. The number of rotatable bonds is 2. The topological polar surface area (TPSA) is 69.9 Å². The molecule has 0 bridgehead atoms. The highest BCUT2D eigenvalue weighted by Gasteiger charge is 2.33.